The first kappa shape index (κ1) is 15.3. The maximum Gasteiger partial charge on any atom is 0.258 e. The van der Waals surface area contributed by atoms with Crippen LogP contribution in [0.15, 0.2) is 36.7 Å². The number of pyridine rings is 2. The maximum absolute atomic E-state index is 12.5. The van der Waals surface area contributed by atoms with Crippen molar-refractivity contribution in [3.63, 3.8) is 0 Å². The minimum atomic E-state index is -0.160. The first-order chi connectivity index (χ1) is 10.1. The number of aromatic nitrogens is 2. The molecular weight excluding hydrogens is 288 g/mol. The van der Waals surface area contributed by atoms with Crippen LogP contribution < -0.4 is 10.2 Å². The SMILES string of the molecule is CCCNc1cc(C(=O)N(C)c2cccnc2)cc(Cl)n1. The van der Waals surface area contributed by atoms with Gasteiger partial charge in [0.05, 0.1) is 11.9 Å². The van der Waals surface area contributed by atoms with E-state index in [0.29, 0.717) is 16.5 Å². The van der Waals surface area contributed by atoms with Gasteiger partial charge >= 0.3 is 0 Å². The zero-order chi connectivity index (χ0) is 15.2. The van der Waals surface area contributed by atoms with Crippen LogP contribution in [0, 0.1) is 0 Å². The molecule has 2 aromatic rings. The summed E-state index contributed by atoms with van der Waals surface area (Å²) in [5.74, 6) is 0.444. The predicted molar refractivity (Wildman–Crippen MR) is 85.0 cm³/mol. The summed E-state index contributed by atoms with van der Waals surface area (Å²) in [5, 5.41) is 3.42. The summed E-state index contributed by atoms with van der Waals surface area (Å²) >= 11 is 5.99. The third-order valence-corrected chi connectivity index (χ3v) is 3.13. The lowest BCUT2D eigenvalue weighted by Gasteiger charge is -2.17. The Morgan fingerprint density at radius 1 is 1.43 bits per heavy atom. The molecule has 2 rings (SSSR count). The van der Waals surface area contributed by atoms with Gasteiger partial charge in [0.2, 0.25) is 0 Å². The summed E-state index contributed by atoms with van der Waals surface area (Å²) in [6.45, 7) is 2.83. The van der Waals surface area contributed by atoms with E-state index in [4.69, 9.17) is 11.6 Å². The highest BCUT2D eigenvalue weighted by atomic mass is 35.5. The van der Waals surface area contributed by atoms with Gasteiger partial charge in [-0.1, -0.05) is 18.5 Å². The molecule has 1 N–H and O–H groups in total. The molecule has 0 fully saturated rings. The highest BCUT2D eigenvalue weighted by molar-refractivity contribution is 6.30. The van der Waals surface area contributed by atoms with Gasteiger partial charge in [-0.25, -0.2) is 4.98 Å². The van der Waals surface area contributed by atoms with E-state index in [1.54, 1.807) is 37.6 Å². The van der Waals surface area contributed by atoms with Crippen molar-refractivity contribution in [2.24, 2.45) is 0 Å². The molecule has 0 spiro atoms. The monoisotopic (exact) mass is 304 g/mol. The quantitative estimate of drug-likeness (QED) is 0.862. The fourth-order valence-electron chi connectivity index (χ4n) is 1.83. The summed E-state index contributed by atoms with van der Waals surface area (Å²) < 4.78 is 0. The molecule has 0 aliphatic carbocycles. The number of hydrogen-bond acceptors (Lipinski definition) is 4. The molecule has 0 saturated heterocycles. The molecule has 2 aromatic heterocycles. The van der Waals surface area contributed by atoms with Crippen LogP contribution in [-0.4, -0.2) is 29.5 Å². The van der Waals surface area contributed by atoms with E-state index in [0.717, 1.165) is 18.7 Å². The fourth-order valence-corrected chi connectivity index (χ4v) is 2.04. The lowest BCUT2D eigenvalue weighted by molar-refractivity contribution is 0.0993. The topological polar surface area (TPSA) is 58.1 Å². The van der Waals surface area contributed by atoms with Crippen molar-refractivity contribution in [1.82, 2.24) is 9.97 Å². The van der Waals surface area contributed by atoms with E-state index in [9.17, 15) is 4.79 Å². The number of amides is 1. The normalized spacial score (nSPS) is 10.2. The number of carbonyl (C=O) groups excluding carboxylic acids is 1. The Bertz CT molecular complexity index is 618. The van der Waals surface area contributed by atoms with E-state index in [1.807, 2.05) is 6.07 Å². The summed E-state index contributed by atoms with van der Waals surface area (Å²) in [7, 11) is 1.70. The van der Waals surface area contributed by atoms with Gasteiger partial charge in [0.1, 0.15) is 11.0 Å². The average Bonchev–Trinajstić information content (AvgIpc) is 2.51. The minimum Gasteiger partial charge on any atom is -0.370 e. The van der Waals surface area contributed by atoms with Crippen LogP contribution >= 0.6 is 11.6 Å². The molecule has 0 aliphatic rings. The van der Waals surface area contributed by atoms with Crippen molar-refractivity contribution >= 4 is 29.0 Å². The van der Waals surface area contributed by atoms with Gasteiger partial charge in [-0.2, -0.15) is 0 Å². The predicted octanol–water partition coefficient (Wildman–Crippen LogP) is 3.23. The van der Waals surface area contributed by atoms with Gasteiger partial charge in [-0.15, -0.1) is 0 Å². The lowest BCUT2D eigenvalue weighted by atomic mass is 10.2. The number of nitrogens with zero attached hydrogens (tertiary/aromatic N) is 3. The molecule has 0 bridgehead atoms. The zero-order valence-corrected chi connectivity index (χ0v) is 12.8. The zero-order valence-electron chi connectivity index (χ0n) is 12.0. The van der Waals surface area contributed by atoms with E-state index < -0.39 is 0 Å². The van der Waals surface area contributed by atoms with Crippen molar-refractivity contribution in [2.75, 3.05) is 23.8 Å². The second-order valence-corrected chi connectivity index (χ2v) is 4.95. The first-order valence-corrected chi connectivity index (χ1v) is 7.09. The molecule has 6 heteroatoms. The van der Waals surface area contributed by atoms with E-state index in [-0.39, 0.29) is 5.91 Å². The Morgan fingerprint density at radius 2 is 2.24 bits per heavy atom. The highest BCUT2D eigenvalue weighted by Crippen LogP contribution is 2.19. The summed E-state index contributed by atoms with van der Waals surface area (Å²) in [6.07, 6.45) is 4.27. The van der Waals surface area contributed by atoms with Crippen molar-refractivity contribution < 1.29 is 4.79 Å². The molecule has 0 atom stereocenters. The number of anilines is 2. The van der Waals surface area contributed by atoms with Crippen molar-refractivity contribution in [1.29, 1.82) is 0 Å². The highest BCUT2D eigenvalue weighted by Gasteiger charge is 2.15. The van der Waals surface area contributed by atoms with E-state index >= 15 is 0 Å². The smallest absolute Gasteiger partial charge is 0.258 e. The average molecular weight is 305 g/mol. The van der Waals surface area contributed by atoms with Crippen LogP contribution in [0.2, 0.25) is 5.15 Å². The van der Waals surface area contributed by atoms with Crippen molar-refractivity contribution in [3.8, 4) is 0 Å². The molecule has 110 valence electrons. The second-order valence-electron chi connectivity index (χ2n) is 4.57. The fraction of sp³-hybridized carbons (Fsp3) is 0.267. The molecule has 0 unspecified atom stereocenters. The molecule has 21 heavy (non-hydrogen) atoms. The molecule has 1 amide bonds. The Kier molecular flexibility index (Phi) is 5.11. The van der Waals surface area contributed by atoms with Crippen LogP contribution in [0.1, 0.15) is 23.7 Å². The van der Waals surface area contributed by atoms with Crippen LogP contribution in [-0.2, 0) is 0 Å². The van der Waals surface area contributed by atoms with Crippen molar-refractivity contribution in [3.05, 3.63) is 47.4 Å². The third kappa shape index (κ3) is 3.92. The Labute approximate surface area is 129 Å². The molecular formula is C15H17ClN4O. The summed E-state index contributed by atoms with van der Waals surface area (Å²) in [4.78, 5) is 22.2. The Hall–Kier alpha value is -2.14. The Morgan fingerprint density at radius 3 is 2.90 bits per heavy atom. The Balaban J connectivity index is 2.24. The van der Waals surface area contributed by atoms with Gasteiger partial charge in [-0.05, 0) is 30.7 Å². The number of halogens is 1. The van der Waals surface area contributed by atoms with Gasteiger partial charge in [0, 0.05) is 25.4 Å². The maximum atomic E-state index is 12.5. The van der Waals surface area contributed by atoms with Crippen LogP contribution in [0.4, 0.5) is 11.5 Å². The van der Waals surface area contributed by atoms with E-state index in [1.165, 1.54) is 4.90 Å². The van der Waals surface area contributed by atoms with Crippen LogP contribution in [0.3, 0.4) is 0 Å². The van der Waals surface area contributed by atoms with Crippen LogP contribution in [0.5, 0.6) is 0 Å². The van der Waals surface area contributed by atoms with E-state index in [2.05, 4.69) is 22.2 Å². The number of nitrogens with one attached hydrogen (secondary N) is 1. The van der Waals surface area contributed by atoms with Gasteiger partial charge in [0.15, 0.2) is 0 Å². The van der Waals surface area contributed by atoms with Crippen LogP contribution in [0.25, 0.3) is 0 Å². The molecule has 5 nitrogen and oxygen atoms in total. The summed E-state index contributed by atoms with van der Waals surface area (Å²) in [5.41, 5.74) is 1.21. The number of rotatable bonds is 5. The lowest BCUT2D eigenvalue weighted by Crippen LogP contribution is -2.26. The molecule has 0 radical (unpaired) electrons. The molecule has 0 aliphatic heterocycles. The largest absolute Gasteiger partial charge is 0.370 e. The molecule has 0 saturated carbocycles. The number of carbonyl (C=O) groups is 1. The van der Waals surface area contributed by atoms with Gasteiger partial charge in [-0.3, -0.25) is 9.78 Å². The third-order valence-electron chi connectivity index (χ3n) is 2.94. The summed E-state index contributed by atoms with van der Waals surface area (Å²) in [6, 6.07) is 6.88. The number of hydrogen-bond donors (Lipinski definition) is 1. The minimum absolute atomic E-state index is 0.160. The standard InChI is InChI=1S/C15H17ClN4O/c1-3-6-18-14-9-11(8-13(16)19-14)15(21)20(2)12-5-4-7-17-10-12/h4-5,7-10H,3,6H2,1-2H3,(H,18,19). The van der Waals surface area contributed by atoms with Gasteiger partial charge < -0.3 is 10.2 Å². The first-order valence-electron chi connectivity index (χ1n) is 6.71. The molecule has 2 heterocycles. The molecule has 0 aromatic carbocycles. The van der Waals surface area contributed by atoms with Gasteiger partial charge in [0.25, 0.3) is 5.91 Å². The second kappa shape index (κ2) is 7.04. The van der Waals surface area contributed by atoms with Crippen molar-refractivity contribution in [2.45, 2.75) is 13.3 Å².